The molecule has 3 rings (SSSR count). The monoisotopic (exact) mass is 349 g/mol. The molecule has 1 aliphatic heterocycles. The van der Waals surface area contributed by atoms with E-state index in [2.05, 4.69) is 5.32 Å². The number of carbonyl (C=O) groups excluding carboxylic acids is 2. The molecule has 2 amide bonds. The smallest absolute Gasteiger partial charge is 0.227 e. The van der Waals surface area contributed by atoms with Crippen LogP contribution < -0.4 is 5.32 Å². The molecule has 5 heteroatoms. The van der Waals surface area contributed by atoms with E-state index in [0.717, 1.165) is 22.3 Å². The molecule has 0 unspecified atom stereocenters. The quantitative estimate of drug-likeness (QED) is 0.660. The summed E-state index contributed by atoms with van der Waals surface area (Å²) in [5.41, 5.74) is 4.72. The molecule has 2 N–H and O–H groups in total. The number of aryl methyl sites for hydroxylation is 1. The highest BCUT2D eigenvalue weighted by Crippen LogP contribution is 2.30. The summed E-state index contributed by atoms with van der Waals surface area (Å²) in [6.45, 7) is 5.83. The average Bonchev–Trinajstić information content (AvgIpc) is 2.60. The number of amides is 2. The van der Waals surface area contributed by atoms with E-state index in [4.69, 9.17) is 5.41 Å². The van der Waals surface area contributed by atoms with Crippen LogP contribution in [-0.2, 0) is 22.6 Å². The second-order valence-corrected chi connectivity index (χ2v) is 6.78. The Morgan fingerprint density at radius 2 is 1.88 bits per heavy atom. The highest BCUT2D eigenvalue weighted by atomic mass is 16.2. The Hall–Kier alpha value is -2.95. The normalized spacial score (nSPS) is 14.6. The third kappa shape index (κ3) is 3.52. The molecular weight excluding hydrogens is 326 g/mol. The van der Waals surface area contributed by atoms with E-state index >= 15 is 0 Å². The number of hydrogen-bond acceptors (Lipinski definition) is 3. The summed E-state index contributed by atoms with van der Waals surface area (Å²) in [7, 11) is 0. The lowest BCUT2D eigenvalue weighted by Gasteiger charge is -2.34. The first-order chi connectivity index (χ1) is 12.4. The first-order valence-corrected chi connectivity index (χ1v) is 8.70. The number of rotatable bonds is 3. The van der Waals surface area contributed by atoms with Gasteiger partial charge in [0, 0.05) is 19.0 Å². The number of benzene rings is 2. The predicted octanol–water partition coefficient (Wildman–Crippen LogP) is 3.10. The Labute approximate surface area is 153 Å². The zero-order valence-corrected chi connectivity index (χ0v) is 15.3. The van der Waals surface area contributed by atoms with Gasteiger partial charge in [0.15, 0.2) is 0 Å². The fourth-order valence-corrected chi connectivity index (χ4v) is 3.44. The van der Waals surface area contributed by atoms with Gasteiger partial charge in [0.05, 0.1) is 12.5 Å². The fraction of sp³-hybridized carbons (Fsp3) is 0.286. The van der Waals surface area contributed by atoms with Gasteiger partial charge in [-0.05, 0) is 42.2 Å². The first kappa shape index (κ1) is 17.9. The minimum atomic E-state index is -0.262. The zero-order chi connectivity index (χ0) is 18.8. The molecule has 134 valence electrons. The van der Waals surface area contributed by atoms with Crippen LogP contribution in [0.15, 0.2) is 42.5 Å². The Bertz CT molecular complexity index is 874. The number of amidine groups is 1. The molecule has 0 bridgehead atoms. The van der Waals surface area contributed by atoms with Crippen molar-refractivity contribution >= 4 is 17.6 Å². The van der Waals surface area contributed by atoms with Crippen molar-refractivity contribution in [2.75, 3.05) is 0 Å². The van der Waals surface area contributed by atoms with Crippen molar-refractivity contribution < 1.29 is 9.59 Å². The van der Waals surface area contributed by atoms with Crippen LogP contribution in [0.2, 0.25) is 0 Å². The molecule has 1 atom stereocenters. The Balaban J connectivity index is 1.91. The number of carbonyl (C=O) groups is 2. The van der Waals surface area contributed by atoms with E-state index in [-0.39, 0.29) is 23.7 Å². The van der Waals surface area contributed by atoms with Gasteiger partial charge < -0.3 is 10.2 Å². The highest BCUT2D eigenvalue weighted by Gasteiger charge is 2.28. The van der Waals surface area contributed by atoms with Crippen molar-refractivity contribution in [1.29, 1.82) is 5.41 Å². The Morgan fingerprint density at radius 3 is 2.54 bits per heavy atom. The average molecular weight is 349 g/mol. The maximum absolute atomic E-state index is 12.7. The number of fused-ring (bicyclic) bond motifs is 1. The van der Waals surface area contributed by atoms with Gasteiger partial charge in [0.2, 0.25) is 11.8 Å². The fourth-order valence-electron chi connectivity index (χ4n) is 3.44. The summed E-state index contributed by atoms with van der Waals surface area (Å²) in [4.78, 5) is 25.8. The molecule has 0 aromatic heterocycles. The van der Waals surface area contributed by atoms with Crippen LogP contribution in [0.25, 0.3) is 0 Å². The van der Waals surface area contributed by atoms with Crippen molar-refractivity contribution in [1.82, 2.24) is 10.2 Å². The van der Waals surface area contributed by atoms with E-state index in [9.17, 15) is 9.59 Å². The van der Waals surface area contributed by atoms with Gasteiger partial charge >= 0.3 is 0 Å². The summed E-state index contributed by atoms with van der Waals surface area (Å²) in [6, 6.07) is 13.8. The molecule has 0 spiro atoms. The first-order valence-electron chi connectivity index (χ1n) is 8.70. The SMILES string of the molecule is CC(=O)NC(=N)c1cc2c(cc1C)CC(=O)N([C@H](C)c1ccccc1)C2. The number of nitrogens with zero attached hydrogens (tertiary/aromatic N) is 1. The summed E-state index contributed by atoms with van der Waals surface area (Å²) in [5, 5.41) is 10.7. The maximum Gasteiger partial charge on any atom is 0.227 e. The van der Waals surface area contributed by atoms with E-state index in [0.29, 0.717) is 18.5 Å². The number of hydrogen-bond donors (Lipinski definition) is 2. The summed E-state index contributed by atoms with van der Waals surface area (Å²) < 4.78 is 0. The van der Waals surface area contributed by atoms with Crippen LogP contribution in [0, 0.1) is 12.3 Å². The third-order valence-corrected chi connectivity index (χ3v) is 4.87. The standard InChI is InChI=1S/C21H23N3O2/c1-13-9-17-11-20(26)24(14(2)16-7-5-4-6-8-16)12-18(17)10-19(13)21(22)23-15(3)25/h4-10,14H,11-12H2,1-3H3,(H2,22,23,25)/t14-/m1/s1. The van der Waals surface area contributed by atoms with Crippen molar-refractivity contribution in [3.05, 3.63) is 70.3 Å². The summed E-state index contributed by atoms with van der Waals surface area (Å²) in [5.74, 6) is -0.0584. The van der Waals surface area contributed by atoms with Gasteiger partial charge in [0.1, 0.15) is 5.84 Å². The van der Waals surface area contributed by atoms with Gasteiger partial charge in [-0.2, -0.15) is 0 Å². The van der Waals surface area contributed by atoms with E-state index in [1.165, 1.54) is 6.92 Å². The Kier molecular flexibility index (Phi) is 4.89. The Morgan fingerprint density at radius 1 is 1.19 bits per heavy atom. The summed E-state index contributed by atoms with van der Waals surface area (Å²) in [6.07, 6.45) is 0.362. The van der Waals surface area contributed by atoms with Crippen LogP contribution in [0.1, 0.15) is 47.7 Å². The van der Waals surface area contributed by atoms with Gasteiger partial charge in [-0.3, -0.25) is 15.0 Å². The molecule has 0 saturated heterocycles. The molecule has 0 aliphatic carbocycles. The van der Waals surface area contributed by atoms with E-state index in [1.807, 2.05) is 61.2 Å². The highest BCUT2D eigenvalue weighted by molar-refractivity contribution is 6.06. The van der Waals surface area contributed by atoms with Gasteiger partial charge in [-0.15, -0.1) is 0 Å². The van der Waals surface area contributed by atoms with Gasteiger partial charge in [-0.25, -0.2) is 0 Å². The largest absolute Gasteiger partial charge is 0.331 e. The van der Waals surface area contributed by atoms with E-state index in [1.54, 1.807) is 0 Å². The molecule has 0 fully saturated rings. The lowest BCUT2D eigenvalue weighted by Crippen LogP contribution is -2.38. The van der Waals surface area contributed by atoms with Crippen LogP contribution in [0.4, 0.5) is 0 Å². The minimum absolute atomic E-state index is 0.0172. The molecule has 0 radical (unpaired) electrons. The van der Waals surface area contributed by atoms with Crippen molar-refractivity contribution in [3.63, 3.8) is 0 Å². The molecule has 1 aliphatic rings. The van der Waals surface area contributed by atoms with Crippen LogP contribution >= 0.6 is 0 Å². The molecular formula is C21H23N3O2. The van der Waals surface area contributed by atoms with Crippen molar-refractivity contribution in [2.24, 2.45) is 0 Å². The molecule has 2 aromatic carbocycles. The second kappa shape index (κ2) is 7.12. The minimum Gasteiger partial charge on any atom is -0.331 e. The molecule has 2 aromatic rings. The van der Waals surface area contributed by atoms with Crippen LogP contribution in [0.5, 0.6) is 0 Å². The number of nitrogens with one attached hydrogen (secondary N) is 2. The topological polar surface area (TPSA) is 73.3 Å². The molecule has 0 saturated carbocycles. The molecule has 5 nitrogen and oxygen atoms in total. The molecule has 26 heavy (non-hydrogen) atoms. The van der Waals surface area contributed by atoms with Crippen LogP contribution in [0.3, 0.4) is 0 Å². The maximum atomic E-state index is 12.7. The van der Waals surface area contributed by atoms with Crippen molar-refractivity contribution in [3.8, 4) is 0 Å². The van der Waals surface area contributed by atoms with E-state index < -0.39 is 0 Å². The molecule has 1 heterocycles. The summed E-state index contributed by atoms with van der Waals surface area (Å²) >= 11 is 0. The lowest BCUT2D eigenvalue weighted by molar-refractivity contribution is -0.134. The lowest BCUT2D eigenvalue weighted by atomic mass is 9.92. The van der Waals surface area contributed by atoms with Crippen LogP contribution in [-0.4, -0.2) is 22.5 Å². The zero-order valence-electron chi connectivity index (χ0n) is 15.3. The second-order valence-electron chi connectivity index (χ2n) is 6.78. The van der Waals surface area contributed by atoms with Gasteiger partial charge in [-0.1, -0.05) is 36.4 Å². The van der Waals surface area contributed by atoms with Gasteiger partial charge in [0.25, 0.3) is 0 Å². The van der Waals surface area contributed by atoms with Crippen molar-refractivity contribution in [2.45, 2.75) is 39.8 Å². The predicted molar refractivity (Wildman–Crippen MR) is 101 cm³/mol. The third-order valence-electron chi connectivity index (χ3n) is 4.87.